The predicted octanol–water partition coefficient (Wildman–Crippen LogP) is 3.78. The van der Waals surface area contributed by atoms with E-state index in [4.69, 9.17) is 0 Å². The molecular formula is C20H21F3N2O. The van der Waals surface area contributed by atoms with E-state index in [1.54, 1.807) is 13.0 Å². The predicted molar refractivity (Wildman–Crippen MR) is 93.6 cm³/mol. The van der Waals surface area contributed by atoms with Gasteiger partial charge in [0.25, 0.3) is 0 Å². The molecule has 2 atom stereocenters. The van der Waals surface area contributed by atoms with Crippen LogP contribution in [0.25, 0.3) is 0 Å². The molecule has 1 heterocycles. The van der Waals surface area contributed by atoms with E-state index in [2.05, 4.69) is 10.6 Å². The van der Waals surface area contributed by atoms with Gasteiger partial charge in [-0.15, -0.1) is 0 Å². The zero-order valence-corrected chi connectivity index (χ0v) is 14.4. The maximum absolute atomic E-state index is 12.9. The topological polar surface area (TPSA) is 41.1 Å². The van der Waals surface area contributed by atoms with Gasteiger partial charge in [-0.25, -0.2) is 0 Å². The Hall–Kier alpha value is -2.34. The minimum Gasteiger partial charge on any atom is -0.351 e. The van der Waals surface area contributed by atoms with Crippen molar-refractivity contribution in [2.24, 2.45) is 0 Å². The van der Waals surface area contributed by atoms with E-state index >= 15 is 0 Å². The Morgan fingerprint density at radius 2 is 1.92 bits per heavy atom. The quantitative estimate of drug-likeness (QED) is 0.869. The van der Waals surface area contributed by atoms with Gasteiger partial charge in [0.1, 0.15) is 0 Å². The minimum atomic E-state index is -4.39. The number of hydrogen-bond donors (Lipinski definition) is 2. The first-order chi connectivity index (χ1) is 12.3. The number of carbonyl (C=O) groups is 1. The van der Waals surface area contributed by atoms with Crippen LogP contribution >= 0.6 is 0 Å². The van der Waals surface area contributed by atoms with Gasteiger partial charge in [-0.1, -0.05) is 42.0 Å². The molecule has 3 rings (SSSR count). The van der Waals surface area contributed by atoms with Gasteiger partial charge in [0.2, 0.25) is 5.91 Å². The number of amides is 1. The molecule has 2 aromatic carbocycles. The largest absolute Gasteiger partial charge is 0.416 e. The fraction of sp³-hybridized carbons (Fsp3) is 0.350. The molecule has 0 unspecified atom stereocenters. The van der Waals surface area contributed by atoms with Crippen LogP contribution in [0.3, 0.4) is 0 Å². The standard InChI is InChI=1S/C20H21F3N2O/c1-13-7-14(9-17(8-13)20(21,22)23)11-25-19(26)18-10-16(12-24-18)15-5-3-2-4-6-15/h2-9,16,18,24H,10-12H2,1H3,(H,25,26)/t16-,18+/m1/s1. The lowest BCUT2D eigenvalue weighted by Crippen LogP contribution is -2.40. The lowest BCUT2D eigenvalue weighted by molar-refractivity contribution is -0.137. The summed E-state index contributed by atoms with van der Waals surface area (Å²) in [4.78, 5) is 12.4. The van der Waals surface area contributed by atoms with Crippen molar-refractivity contribution in [3.05, 3.63) is 70.8 Å². The fourth-order valence-electron chi connectivity index (χ4n) is 3.36. The molecule has 6 heteroatoms. The van der Waals surface area contributed by atoms with E-state index in [1.807, 2.05) is 30.3 Å². The Balaban J connectivity index is 1.59. The van der Waals surface area contributed by atoms with E-state index in [-0.39, 0.29) is 24.4 Å². The highest BCUT2D eigenvalue weighted by Crippen LogP contribution is 2.30. The molecule has 0 aromatic heterocycles. The molecule has 1 saturated heterocycles. The van der Waals surface area contributed by atoms with Gasteiger partial charge in [0.05, 0.1) is 11.6 Å². The Morgan fingerprint density at radius 3 is 2.62 bits per heavy atom. The number of nitrogens with one attached hydrogen (secondary N) is 2. The molecule has 2 aromatic rings. The van der Waals surface area contributed by atoms with Crippen LogP contribution in [0.15, 0.2) is 48.5 Å². The third-order valence-electron chi connectivity index (χ3n) is 4.65. The van der Waals surface area contributed by atoms with Crippen LogP contribution in [-0.2, 0) is 17.5 Å². The Kier molecular flexibility index (Phi) is 5.32. The molecule has 0 radical (unpaired) electrons. The van der Waals surface area contributed by atoms with Gasteiger partial charge in [-0.3, -0.25) is 4.79 Å². The first-order valence-corrected chi connectivity index (χ1v) is 8.57. The highest BCUT2D eigenvalue weighted by atomic mass is 19.4. The van der Waals surface area contributed by atoms with Crippen LogP contribution in [0.2, 0.25) is 0 Å². The van der Waals surface area contributed by atoms with Crippen molar-refractivity contribution in [2.45, 2.75) is 38.0 Å². The Labute approximate surface area is 150 Å². The smallest absolute Gasteiger partial charge is 0.351 e. The summed E-state index contributed by atoms with van der Waals surface area (Å²) < 4.78 is 38.7. The zero-order chi connectivity index (χ0) is 18.7. The summed E-state index contributed by atoms with van der Waals surface area (Å²) in [5, 5.41) is 5.95. The molecule has 2 N–H and O–H groups in total. The van der Waals surface area contributed by atoms with Gasteiger partial charge in [0, 0.05) is 13.1 Å². The lowest BCUT2D eigenvalue weighted by atomic mass is 9.96. The van der Waals surface area contributed by atoms with Gasteiger partial charge in [-0.2, -0.15) is 13.2 Å². The molecule has 0 spiro atoms. The van der Waals surface area contributed by atoms with Crippen molar-refractivity contribution in [3.8, 4) is 0 Å². The highest BCUT2D eigenvalue weighted by Gasteiger charge is 2.32. The second-order valence-corrected chi connectivity index (χ2v) is 6.73. The average Bonchev–Trinajstić information content (AvgIpc) is 3.09. The molecule has 1 aliphatic heterocycles. The van der Waals surface area contributed by atoms with Crippen molar-refractivity contribution in [1.29, 1.82) is 0 Å². The molecule has 0 bridgehead atoms. The Morgan fingerprint density at radius 1 is 1.19 bits per heavy atom. The second-order valence-electron chi connectivity index (χ2n) is 6.73. The third kappa shape index (κ3) is 4.43. The van der Waals surface area contributed by atoms with Crippen molar-refractivity contribution in [1.82, 2.24) is 10.6 Å². The number of halogens is 3. The number of hydrogen-bond acceptors (Lipinski definition) is 2. The minimum absolute atomic E-state index is 0.0811. The number of benzene rings is 2. The molecule has 0 aliphatic carbocycles. The van der Waals surface area contributed by atoms with Crippen LogP contribution in [0.5, 0.6) is 0 Å². The molecule has 1 aliphatic rings. The van der Waals surface area contributed by atoms with Gasteiger partial charge in [-0.05, 0) is 42.5 Å². The van der Waals surface area contributed by atoms with E-state index in [0.29, 0.717) is 24.1 Å². The average molecular weight is 362 g/mol. The SMILES string of the molecule is Cc1cc(CNC(=O)[C@@H]2C[C@@H](c3ccccc3)CN2)cc(C(F)(F)F)c1. The first kappa shape index (κ1) is 18.5. The van der Waals surface area contributed by atoms with Crippen LogP contribution in [0, 0.1) is 6.92 Å². The molecular weight excluding hydrogens is 341 g/mol. The second kappa shape index (κ2) is 7.50. The third-order valence-corrected chi connectivity index (χ3v) is 4.65. The molecule has 26 heavy (non-hydrogen) atoms. The monoisotopic (exact) mass is 362 g/mol. The fourth-order valence-corrected chi connectivity index (χ4v) is 3.36. The number of alkyl halides is 3. The summed E-state index contributed by atoms with van der Waals surface area (Å²) in [7, 11) is 0. The molecule has 0 saturated carbocycles. The Bertz CT molecular complexity index is 774. The summed E-state index contributed by atoms with van der Waals surface area (Å²) >= 11 is 0. The molecule has 3 nitrogen and oxygen atoms in total. The van der Waals surface area contributed by atoms with Crippen molar-refractivity contribution >= 4 is 5.91 Å². The van der Waals surface area contributed by atoms with Gasteiger partial charge >= 0.3 is 6.18 Å². The van der Waals surface area contributed by atoms with Gasteiger partial charge in [0.15, 0.2) is 0 Å². The van der Waals surface area contributed by atoms with E-state index < -0.39 is 11.7 Å². The molecule has 1 fully saturated rings. The van der Waals surface area contributed by atoms with E-state index in [9.17, 15) is 18.0 Å². The number of rotatable bonds is 4. The summed E-state index contributed by atoms with van der Waals surface area (Å²) in [5.74, 6) is 0.0845. The van der Waals surface area contributed by atoms with Crippen LogP contribution < -0.4 is 10.6 Å². The normalized spacial score (nSPS) is 20.2. The first-order valence-electron chi connectivity index (χ1n) is 8.57. The van der Waals surface area contributed by atoms with E-state index in [0.717, 1.165) is 12.1 Å². The summed E-state index contributed by atoms with van der Waals surface area (Å²) in [6.45, 7) is 2.41. The molecule has 1 amide bonds. The summed E-state index contributed by atoms with van der Waals surface area (Å²) in [6.07, 6.45) is -3.71. The van der Waals surface area contributed by atoms with Crippen LogP contribution in [0.4, 0.5) is 13.2 Å². The van der Waals surface area contributed by atoms with Crippen LogP contribution in [-0.4, -0.2) is 18.5 Å². The van der Waals surface area contributed by atoms with Gasteiger partial charge < -0.3 is 10.6 Å². The maximum Gasteiger partial charge on any atom is 0.416 e. The number of carbonyl (C=O) groups excluding carboxylic acids is 1. The highest BCUT2D eigenvalue weighted by molar-refractivity contribution is 5.82. The zero-order valence-electron chi connectivity index (χ0n) is 14.4. The summed E-state index contributed by atoms with van der Waals surface area (Å²) in [5.41, 5.74) is 1.46. The maximum atomic E-state index is 12.9. The van der Waals surface area contributed by atoms with E-state index in [1.165, 1.54) is 5.56 Å². The van der Waals surface area contributed by atoms with Crippen molar-refractivity contribution in [3.63, 3.8) is 0 Å². The van der Waals surface area contributed by atoms with Crippen LogP contribution in [0.1, 0.15) is 34.6 Å². The molecule has 138 valence electrons. The van der Waals surface area contributed by atoms with Crippen molar-refractivity contribution in [2.75, 3.05) is 6.54 Å². The van der Waals surface area contributed by atoms with Crippen molar-refractivity contribution < 1.29 is 18.0 Å². The number of aryl methyl sites for hydroxylation is 1. The summed E-state index contributed by atoms with van der Waals surface area (Å²) in [6, 6.07) is 13.5. The lowest BCUT2D eigenvalue weighted by Gasteiger charge is -2.14.